The number of aryl methyl sites for hydroxylation is 1. The molecule has 0 aliphatic rings. The Bertz CT molecular complexity index is 553. The highest BCUT2D eigenvalue weighted by molar-refractivity contribution is 7.91. The number of benzene rings is 1. The molecule has 0 saturated heterocycles. The third-order valence-corrected chi connectivity index (χ3v) is 4.66. The van der Waals surface area contributed by atoms with Crippen LogP contribution < -0.4 is 5.32 Å². The van der Waals surface area contributed by atoms with E-state index in [2.05, 4.69) is 5.32 Å². The lowest BCUT2D eigenvalue weighted by molar-refractivity contribution is -0.137. The van der Waals surface area contributed by atoms with Gasteiger partial charge in [0.15, 0.2) is 9.84 Å². The molecule has 0 saturated carbocycles. The molecule has 0 heterocycles. The fourth-order valence-corrected chi connectivity index (χ4v) is 2.98. The smallest absolute Gasteiger partial charge is 0.384 e. The highest BCUT2D eigenvalue weighted by Gasteiger charge is 2.30. The predicted octanol–water partition coefficient (Wildman–Crippen LogP) is 3.25. The largest absolute Gasteiger partial charge is 0.416 e. The van der Waals surface area contributed by atoms with E-state index in [4.69, 9.17) is 0 Å². The van der Waals surface area contributed by atoms with Crippen molar-refractivity contribution in [2.24, 2.45) is 0 Å². The lowest BCUT2D eigenvalue weighted by atomic mass is 10.1. The van der Waals surface area contributed by atoms with Crippen molar-refractivity contribution in [1.82, 2.24) is 0 Å². The summed E-state index contributed by atoms with van der Waals surface area (Å²) in [7, 11) is -3.14. The summed E-state index contributed by atoms with van der Waals surface area (Å²) in [5, 5.41) is 2.76. The maximum Gasteiger partial charge on any atom is 0.416 e. The Morgan fingerprint density at radius 3 is 2.40 bits per heavy atom. The van der Waals surface area contributed by atoms with E-state index in [9.17, 15) is 21.6 Å². The molecule has 1 rings (SSSR count). The Labute approximate surface area is 117 Å². The van der Waals surface area contributed by atoms with Crippen molar-refractivity contribution in [2.75, 3.05) is 23.4 Å². The lowest BCUT2D eigenvalue weighted by Gasteiger charge is -2.13. The van der Waals surface area contributed by atoms with Crippen LogP contribution in [0.5, 0.6) is 0 Å². The zero-order valence-corrected chi connectivity index (χ0v) is 12.2. The number of hydrogen-bond acceptors (Lipinski definition) is 3. The summed E-state index contributed by atoms with van der Waals surface area (Å²) in [6.45, 7) is 3.54. The number of anilines is 1. The van der Waals surface area contributed by atoms with E-state index in [1.54, 1.807) is 13.8 Å². The van der Waals surface area contributed by atoms with E-state index >= 15 is 0 Å². The van der Waals surface area contributed by atoms with Crippen molar-refractivity contribution in [3.63, 3.8) is 0 Å². The van der Waals surface area contributed by atoms with Gasteiger partial charge in [-0.15, -0.1) is 0 Å². The molecule has 1 N–H and O–H groups in total. The van der Waals surface area contributed by atoms with Crippen LogP contribution in [0.2, 0.25) is 0 Å². The van der Waals surface area contributed by atoms with Crippen molar-refractivity contribution in [1.29, 1.82) is 0 Å². The van der Waals surface area contributed by atoms with Crippen LogP contribution in [0.25, 0.3) is 0 Å². The first-order valence-corrected chi connectivity index (χ1v) is 8.10. The topological polar surface area (TPSA) is 46.2 Å². The molecule has 0 radical (unpaired) electrons. The molecule has 1 aromatic carbocycles. The van der Waals surface area contributed by atoms with Gasteiger partial charge in [0, 0.05) is 18.0 Å². The molecule has 20 heavy (non-hydrogen) atoms. The Morgan fingerprint density at radius 2 is 1.85 bits per heavy atom. The minimum atomic E-state index is -4.40. The minimum Gasteiger partial charge on any atom is -0.384 e. The van der Waals surface area contributed by atoms with Gasteiger partial charge in [0.2, 0.25) is 0 Å². The molecule has 3 nitrogen and oxygen atoms in total. The summed E-state index contributed by atoms with van der Waals surface area (Å²) in [5.41, 5.74) is 0.208. The molecule has 114 valence electrons. The predicted molar refractivity (Wildman–Crippen MR) is 73.6 cm³/mol. The third-order valence-electron chi connectivity index (χ3n) is 2.81. The molecule has 1 aromatic rings. The van der Waals surface area contributed by atoms with E-state index < -0.39 is 21.6 Å². The van der Waals surface area contributed by atoms with Crippen LogP contribution in [-0.4, -0.2) is 26.5 Å². The highest BCUT2D eigenvalue weighted by Crippen LogP contribution is 2.31. The molecular formula is C13H18F3NO2S. The molecule has 0 aliphatic carbocycles. The Morgan fingerprint density at radius 1 is 1.20 bits per heavy atom. The number of sulfone groups is 1. The molecule has 0 unspecified atom stereocenters. The van der Waals surface area contributed by atoms with Gasteiger partial charge in [0.05, 0.1) is 11.3 Å². The summed E-state index contributed by atoms with van der Waals surface area (Å²) >= 11 is 0. The summed E-state index contributed by atoms with van der Waals surface area (Å²) in [4.78, 5) is 0. The molecular weight excluding hydrogens is 291 g/mol. The number of rotatable bonds is 6. The van der Waals surface area contributed by atoms with Crippen molar-refractivity contribution in [2.45, 2.75) is 26.4 Å². The minimum absolute atomic E-state index is 0.0868. The second kappa shape index (κ2) is 6.47. The van der Waals surface area contributed by atoms with Crippen molar-refractivity contribution < 1.29 is 21.6 Å². The maximum absolute atomic E-state index is 12.6. The quantitative estimate of drug-likeness (QED) is 0.877. The van der Waals surface area contributed by atoms with Crippen LogP contribution in [0.3, 0.4) is 0 Å². The summed E-state index contributed by atoms with van der Waals surface area (Å²) in [6.07, 6.45) is -3.87. The van der Waals surface area contributed by atoms with Gasteiger partial charge in [-0.1, -0.05) is 13.0 Å². The molecule has 0 bridgehead atoms. The normalized spacial score (nSPS) is 12.4. The first-order valence-electron chi connectivity index (χ1n) is 6.28. The Hall–Kier alpha value is -1.24. The van der Waals surface area contributed by atoms with Crippen LogP contribution in [-0.2, 0) is 16.0 Å². The molecule has 0 aromatic heterocycles. The molecule has 0 atom stereocenters. The van der Waals surface area contributed by atoms with Gasteiger partial charge < -0.3 is 5.32 Å². The van der Waals surface area contributed by atoms with Crippen LogP contribution in [0.4, 0.5) is 18.9 Å². The van der Waals surface area contributed by atoms with Crippen LogP contribution in [0.1, 0.15) is 24.5 Å². The van der Waals surface area contributed by atoms with Crippen molar-refractivity contribution in [3.8, 4) is 0 Å². The van der Waals surface area contributed by atoms with Crippen LogP contribution in [0, 0.1) is 6.92 Å². The Kier molecular flexibility index (Phi) is 5.44. The van der Waals surface area contributed by atoms with E-state index in [1.165, 1.54) is 6.07 Å². The zero-order chi connectivity index (χ0) is 15.4. The highest BCUT2D eigenvalue weighted by atomic mass is 32.2. The first-order chi connectivity index (χ1) is 9.15. The molecule has 7 heteroatoms. The first kappa shape index (κ1) is 16.8. The van der Waals surface area contributed by atoms with Gasteiger partial charge in [-0.2, -0.15) is 13.2 Å². The van der Waals surface area contributed by atoms with Gasteiger partial charge in [-0.3, -0.25) is 0 Å². The zero-order valence-electron chi connectivity index (χ0n) is 11.4. The fourth-order valence-electron chi connectivity index (χ4n) is 1.74. The number of hydrogen-bond donors (Lipinski definition) is 1. The summed E-state index contributed by atoms with van der Waals surface area (Å²) < 4.78 is 60.8. The van der Waals surface area contributed by atoms with Gasteiger partial charge in [0.1, 0.15) is 0 Å². The van der Waals surface area contributed by atoms with Gasteiger partial charge >= 0.3 is 6.18 Å². The van der Waals surface area contributed by atoms with Crippen molar-refractivity contribution in [3.05, 3.63) is 29.3 Å². The van der Waals surface area contributed by atoms with Gasteiger partial charge in [-0.25, -0.2) is 8.42 Å². The summed E-state index contributed by atoms with van der Waals surface area (Å²) in [5.74, 6) is 0.00672. The third kappa shape index (κ3) is 5.03. The van der Waals surface area contributed by atoms with E-state index in [-0.39, 0.29) is 18.1 Å². The van der Waals surface area contributed by atoms with E-state index in [0.717, 1.165) is 12.1 Å². The lowest BCUT2D eigenvalue weighted by Crippen LogP contribution is -2.18. The van der Waals surface area contributed by atoms with E-state index in [0.29, 0.717) is 17.7 Å². The second-order valence-electron chi connectivity index (χ2n) is 4.61. The molecule has 0 spiro atoms. The maximum atomic E-state index is 12.6. The van der Waals surface area contributed by atoms with Gasteiger partial charge in [-0.05, 0) is 31.0 Å². The standard InChI is InChI=1S/C13H18F3NO2S/c1-3-7-20(18,19)8-6-17-12-9-11(13(14,15)16)5-4-10(12)2/h4-5,9,17H,3,6-8H2,1-2H3. The Balaban J connectivity index is 2.73. The summed E-state index contributed by atoms with van der Waals surface area (Å²) in [6, 6.07) is 3.38. The molecule has 0 amide bonds. The van der Waals surface area contributed by atoms with E-state index in [1.807, 2.05) is 0 Å². The number of nitrogens with one attached hydrogen (secondary N) is 1. The molecule has 0 aliphatic heterocycles. The average molecular weight is 309 g/mol. The monoisotopic (exact) mass is 309 g/mol. The number of alkyl halides is 3. The van der Waals surface area contributed by atoms with Gasteiger partial charge in [0.25, 0.3) is 0 Å². The fraction of sp³-hybridized carbons (Fsp3) is 0.538. The van der Waals surface area contributed by atoms with Crippen LogP contribution >= 0.6 is 0 Å². The average Bonchev–Trinajstić information content (AvgIpc) is 2.29. The second-order valence-corrected chi connectivity index (χ2v) is 6.91. The van der Waals surface area contributed by atoms with Crippen molar-refractivity contribution >= 4 is 15.5 Å². The number of halogens is 3. The molecule has 0 fully saturated rings. The SMILES string of the molecule is CCCS(=O)(=O)CCNc1cc(C(F)(F)F)ccc1C. The van der Waals surface area contributed by atoms with Crippen LogP contribution in [0.15, 0.2) is 18.2 Å².